The quantitative estimate of drug-likeness (QED) is 0.594. The summed E-state index contributed by atoms with van der Waals surface area (Å²) in [7, 11) is 1.80. The minimum Gasteiger partial charge on any atom is -0.365 e. The lowest BCUT2D eigenvalue weighted by Gasteiger charge is -2.09. The molecule has 28 heavy (non-hydrogen) atoms. The van der Waals surface area contributed by atoms with Crippen molar-refractivity contribution >= 4 is 34.0 Å². The van der Waals surface area contributed by atoms with E-state index in [4.69, 9.17) is 0 Å². The summed E-state index contributed by atoms with van der Waals surface area (Å²) in [6.45, 7) is 6.02. The van der Waals surface area contributed by atoms with Crippen molar-refractivity contribution in [1.29, 1.82) is 0 Å². The van der Waals surface area contributed by atoms with Crippen molar-refractivity contribution in [3.05, 3.63) is 71.3 Å². The summed E-state index contributed by atoms with van der Waals surface area (Å²) in [6.07, 6.45) is 6.71. The van der Waals surface area contributed by atoms with Crippen LogP contribution in [0.2, 0.25) is 0 Å². The van der Waals surface area contributed by atoms with E-state index in [2.05, 4.69) is 27.3 Å². The van der Waals surface area contributed by atoms with Crippen molar-refractivity contribution in [1.82, 2.24) is 20.1 Å². The first-order valence-electron chi connectivity index (χ1n) is 8.61. The molecule has 1 amide bonds. The van der Waals surface area contributed by atoms with Crippen LogP contribution in [0.25, 0.3) is 17.3 Å². The number of hydrogen-bond acceptors (Lipinski definition) is 5. The second-order valence-corrected chi connectivity index (χ2v) is 6.92. The summed E-state index contributed by atoms with van der Waals surface area (Å²) in [6, 6.07) is 5.97. The second-order valence-electron chi connectivity index (χ2n) is 5.80. The fraction of sp³-hybridized carbons (Fsp3) is 0.150. The number of allylic oxidation sites excluding steroid dienone is 1. The number of anilines is 1. The number of benzene rings is 1. The van der Waals surface area contributed by atoms with Crippen molar-refractivity contribution in [3.8, 4) is 5.69 Å². The van der Waals surface area contributed by atoms with Gasteiger partial charge in [-0.15, -0.1) is 11.3 Å². The lowest BCUT2D eigenvalue weighted by atomic mass is 10.1. The highest BCUT2D eigenvalue weighted by molar-refractivity contribution is 7.15. The molecule has 2 aromatic heterocycles. The maximum absolute atomic E-state index is 13.2. The molecule has 3 rings (SSSR count). The summed E-state index contributed by atoms with van der Waals surface area (Å²) in [5.74, 6) is -0.544. The molecule has 0 aliphatic rings. The number of rotatable bonds is 7. The molecule has 6 nitrogen and oxygen atoms in total. The first-order chi connectivity index (χ1) is 13.6. The first kappa shape index (κ1) is 19.5. The standard InChI is InChI=1S/C20H20FN5OS/c1-4-16(19(27)23-10-15-11-24-20(22-3)28-15)17-12-25-26(18(17)5-2)14-8-6-13(21)7-9-14/h4-9,11-12H,2,10H2,1,3H3,(H,22,24)(H,23,27)/b16-4+. The SMILES string of the molecule is C=Cc1c(/C(=C\C)C(=O)NCc2cnc(NC)s2)cnn1-c1ccc(F)cc1. The molecule has 0 unspecified atom stereocenters. The Hall–Kier alpha value is -3.26. The highest BCUT2D eigenvalue weighted by Crippen LogP contribution is 2.24. The van der Waals surface area contributed by atoms with E-state index in [1.165, 1.54) is 23.5 Å². The summed E-state index contributed by atoms with van der Waals surface area (Å²) in [5, 5.41) is 11.0. The van der Waals surface area contributed by atoms with Gasteiger partial charge in [-0.25, -0.2) is 14.1 Å². The Bertz CT molecular complexity index is 1020. The summed E-state index contributed by atoms with van der Waals surface area (Å²) in [5.41, 5.74) is 2.48. The van der Waals surface area contributed by atoms with Crippen LogP contribution < -0.4 is 10.6 Å². The van der Waals surface area contributed by atoms with E-state index in [0.717, 1.165) is 10.0 Å². The van der Waals surface area contributed by atoms with E-state index in [0.29, 0.717) is 29.1 Å². The molecule has 0 radical (unpaired) electrons. The van der Waals surface area contributed by atoms with E-state index in [9.17, 15) is 9.18 Å². The molecule has 144 valence electrons. The van der Waals surface area contributed by atoms with Gasteiger partial charge in [0, 0.05) is 29.3 Å². The van der Waals surface area contributed by atoms with E-state index in [-0.39, 0.29) is 11.7 Å². The van der Waals surface area contributed by atoms with Crippen molar-refractivity contribution < 1.29 is 9.18 Å². The lowest BCUT2D eigenvalue weighted by molar-refractivity contribution is -0.115. The number of halogens is 1. The molecule has 3 aromatic rings. The van der Waals surface area contributed by atoms with Gasteiger partial charge in [0.1, 0.15) is 5.82 Å². The largest absolute Gasteiger partial charge is 0.365 e. The molecule has 0 aliphatic carbocycles. The van der Waals surface area contributed by atoms with Gasteiger partial charge in [0.25, 0.3) is 5.91 Å². The van der Waals surface area contributed by atoms with E-state index >= 15 is 0 Å². The Balaban J connectivity index is 1.82. The molecule has 2 N–H and O–H groups in total. The number of nitrogens with one attached hydrogen (secondary N) is 2. The maximum atomic E-state index is 13.2. The smallest absolute Gasteiger partial charge is 0.251 e. The van der Waals surface area contributed by atoms with Gasteiger partial charge < -0.3 is 10.6 Å². The van der Waals surface area contributed by atoms with Crippen molar-refractivity contribution in [2.75, 3.05) is 12.4 Å². The number of nitrogens with zero attached hydrogens (tertiary/aromatic N) is 3. The first-order valence-corrected chi connectivity index (χ1v) is 9.42. The van der Waals surface area contributed by atoms with Gasteiger partial charge >= 0.3 is 0 Å². The number of aromatic nitrogens is 3. The zero-order chi connectivity index (χ0) is 20.1. The molecule has 0 saturated heterocycles. The van der Waals surface area contributed by atoms with Crippen LogP contribution in [-0.4, -0.2) is 27.7 Å². The predicted octanol–water partition coefficient (Wildman–Crippen LogP) is 3.87. The molecule has 0 fully saturated rings. The van der Waals surface area contributed by atoms with Gasteiger partial charge in [0.2, 0.25) is 0 Å². The summed E-state index contributed by atoms with van der Waals surface area (Å²) < 4.78 is 14.8. The van der Waals surface area contributed by atoms with Gasteiger partial charge in [0.15, 0.2) is 5.13 Å². The van der Waals surface area contributed by atoms with Gasteiger partial charge in [-0.3, -0.25) is 4.79 Å². The zero-order valence-corrected chi connectivity index (χ0v) is 16.4. The van der Waals surface area contributed by atoms with Gasteiger partial charge in [-0.2, -0.15) is 5.10 Å². The maximum Gasteiger partial charge on any atom is 0.251 e. The molecule has 0 aliphatic heterocycles. The normalized spacial score (nSPS) is 11.3. The Morgan fingerprint density at radius 1 is 1.32 bits per heavy atom. The second kappa shape index (κ2) is 8.62. The van der Waals surface area contributed by atoms with Crippen LogP contribution >= 0.6 is 11.3 Å². The number of amides is 1. The highest BCUT2D eigenvalue weighted by atomic mass is 32.1. The molecule has 0 spiro atoms. The van der Waals surface area contributed by atoms with Crippen LogP contribution in [0.1, 0.15) is 23.1 Å². The molecule has 2 heterocycles. The molecule has 0 saturated carbocycles. The predicted molar refractivity (Wildman–Crippen MR) is 111 cm³/mol. The van der Waals surface area contributed by atoms with Gasteiger partial charge in [-0.05, 0) is 37.3 Å². The number of carbonyl (C=O) groups excluding carboxylic acids is 1. The highest BCUT2D eigenvalue weighted by Gasteiger charge is 2.18. The minimum absolute atomic E-state index is 0.219. The Morgan fingerprint density at radius 3 is 2.68 bits per heavy atom. The Labute approximate surface area is 166 Å². The van der Waals surface area contributed by atoms with Gasteiger partial charge in [-0.1, -0.05) is 12.7 Å². The molecule has 0 atom stereocenters. The number of thiazole rings is 1. The van der Waals surface area contributed by atoms with E-state index in [1.807, 2.05) is 0 Å². The average molecular weight is 397 g/mol. The van der Waals surface area contributed by atoms with E-state index in [1.54, 1.807) is 55.3 Å². The lowest BCUT2D eigenvalue weighted by Crippen LogP contribution is -2.23. The number of carbonyl (C=O) groups is 1. The van der Waals surface area contributed by atoms with Gasteiger partial charge in [0.05, 0.1) is 24.1 Å². The third-order valence-electron chi connectivity index (χ3n) is 4.09. The van der Waals surface area contributed by atoms with Crippen molar-refractivity contribution in [2.24, 2.45) is 0 Å². The fourth-order valence-corrected chi connectivity index (χ4v) is 3.43. The van der Waals surface area contributed by atoms with Crippen LogP contribution in [0.4, 0.5) is 9.52 Å². The Kier molecular flexibility index (Phi) is 6.00. The molecular formula is C20H20FN5OS. The van der Waals surface area contributed by atoms with Crippen LogP contribution in [0.3, 0.4) is 0 Å². The van der Waals surface area contributed by atoms with Crippen molar-refractivity contribution in [3.63, 3.8) is 0 Å². The minimum atomic E-state index is -0.325. The van der Waals surface area contributed by atoms with Crippen molar-refractivity contribution in [2.45, 2.75) is 13.5 Å². The number of hydrogen-bond donors (Lipinski definition) is 2. The Morgan fingerprint density at radius 2 is 2.07 bits per heavy atom. The molecule has 0 bridgehead atoms. The molecule has 8 heteroatoms. The van der Waals surface area contributed by atoms with Crippen LogP contribution in [-0.2, 0) is 11.3 Å². The molecule has 1 aromatic carbocycles. The summed E-state index contributed by atoms with van der Waals surface area (Å²) >= 11 is 1.48. The fourth-order valence-electron chi connectivity index (χ4n) is 2.73. The summed E-state index contributed by atoms with van der Waals surface area (Å²) in [4.78, 5) is 17.9. The van der Waals surface area contributed by atoms with Crippen LogP contribution in [0.15, 0.2) is 49.3 Å². The van der Waals surface area contributed by atoms with Crippen LogP contribution in [0, 0.1) is 5.82 Å². The zero-order valence-electron chi connectivity index (χ0n) is 15.6. The average Bonchev–Trinajstić information content (AvgIpc) is 3.34. The van der Waals surface area contributed by atoms with E-state index < -0.39 is 0 Å². The third-order valence-corrected chi connectivity index (χ3v) is 5.10. The van der Waals surface area contributed by atoms with Crippen LogP contribution in [0.5, 0.6) is 0 Å². The topological polar surface area (TPSA) is 71.8 Å². The third kappa shape index (κ3) is 4.01. The monoisotopic (exact) mass is 397 g/mol. The molecular weight excluding hydrogens is 377 g/mol.